The molecule has 4 rings (SSSR count). The molecule has 1 aliphatic heterocycles. The van der Waals surface area contributed by atoms with Crippen molar-refractivity contribution in [3.63, 3.8) is 0 Å². The first-order valence-corrected chi connectivity index (χ1v) is 11.3. The third-order valence-electron chi connectivity index (χ3n) is 4.18. The van der Waals surface area contributed by atoms with Crippen LogP contribution in [0.5, 0.6) is 0 Å². The summed E-state index contributed by atoms with van der Waals surface area (Å²) in [6.07, 6.45) is 0.850. The lowest BCUT2D eigenvalue weighted by Crippen LogP contribution is -2.31. The predicted molar refractivity (Wildman–Crippen MR) is 108 cm³/mol. The molecular weight excluding hydrogens is 388 g/mol. The van der Waals surface area contributed by atoms with E-state index in [9.17, 15) is 5.11 Å². The number of ether oxygens (including phenoxy) is 1. The standard InChI is InChI=1S/C17H22N4O2S3/c1-9(2)25-15-18-14-12(10-7-17(3,4)23-8-11(10)26-14)13-19-20-16(21(13)15)24-6-5-22/h9,22H,5-8H2,1-4H3. The number of aromatic nitrogens is 4. The van der Waals surface area contributed by atoms with Crippen LogP contribution in [0.4, 0.5) is 0 Å². The van der Waals surface area contributed by atoms with Crippen molar-refractivity contribution in [2.24, 2.45) is 0 Å². The second-order valence-electron chi connectivity index (χ2n) is 7.18. The summed E-state index contributed by atoms with van der Waals surface area (Å²) < 4.78 is 8.05. The molecule has 0 radical (unpaired) electrons. The highest BCUT2D eigenvalue weighted by Gasteiger charge is 2.31. The minimum absolute atomic E-state index is 0.112. The van der Waals surface area contributed by atoms with Gasteiger partial charge in [-0.3, -0.25) is 0 Å². The van der Waals surface area contributed by atoms with Gasteiger partial charge in [-0.05, 0) is 19.4 Å². The summed E-state index contributed by atoms with van der Waals surface area (Å²) in [6.45, 7) is 9.30. The van der Waals surface area contributed by atoms with Gasteiger partial charge < -0.3 is 9.84 Å². The Hall–Kier alpha value is -0.870. The number of aliphatic hydroxyl groups is 1. The Balaban J connectivity index is 1.97. The van der Waals surface area contributed by atoms with Gasteiger partial charge in [-0.2, -0.15) is 0 Å². The Morgan fingerprint density at radius 2 is 2.12 bits per heavy atom. The monoisotopic (exact) mass is 410 g/mol. The van der Waals surface area contributed by atoms with Gasteiger partial charge in [0.05, 0.1) is 24.2 Å². The quantitative estimate of drug-likeness (QED) is 0.507. The van der Waals surface area contributed by atoms with E-state index in [0.717, 1.165) is 32.6 Å². The molecule has 0 amide bonds. The van der Waals surface area contributed by atoms with E-state index in [1.165, 1.54) is 22.2 Å². The molecule has 4 heterocycles. The normalized spacial score (nSPS) is 16.7. The van der Waals surface area contributed by atoms with Crippen molar-refractivity contribution in [3.05, 3.63) is 10.4 Å². The first-order chi connectivity index (χ1) is 12.4. The molecule has 0 aromatic carbocycles. The number of hydrogen-bond acceptors (Lipinski definition) is 8. The van der Waals surface area contributed by atoms with Crippen LogP contribution in [0.25, 0.3) is 15.9 Å². The second-order valence-corrected chi connectivity index (χ2v) is 10.9. The molecule has 0 atom stereocenters. The largest absolute Gasteiger partial charge is 0.396 e. The zero-order chi connectivity index (χ0) is 18.5. The van der Waals surface area contributed by atoms with Crippen LogP contribution in [0.2, 0.25) is 0 Å². The van der Waals surface area contributed by atoms with E-state index in [4.69, 9.17) is 9.72 Å². The fourth-order valence-electron chi connectivity index (χ4n) is 3.11. The maximum atomic E-state index is 9.19. The van der Waals surface area contributed by atoms with Gasteiger partial charge >= 0.3 is 0 Å². The summed E-state index contributed by atoms with van der Waals surface area (Å²) in [7, 11) is 0. The van der Waals surface area contributed by atoms with Crippen LogP contribution in [0.3, 0.4) is 0 Å². The summed E-state index contributed by atoms with van der Waals surface area (Å²) in [5.74, 6) is 0.591. The van der Waals surface area contributed by atoms with Crippen molar-refractivity contribution in [1.29, 1.82) is 0 Å². The Morgan fingerprint density at radius 3 is 2.85 bits per heavy atom. The SMILES string of the molecule is CC(C)Sc1nc2sc3c(c2c2nnc(SCCO)n12)CC(C)(C)OC3. The summed E-state index contributed by atoms with van der Waals surface area (Å²) in [5.41, 5.74) is 1.98. The van der Waals surface area contributed by atoms with E-state index in [1.807, 2.05) is 0 Å². The molecule has 0 saturated heterocycles. The average Bonchev–Trinajstić information content (AvgIpc) is 3.12. The van der Waals surface area contributed by atoms with Crippen LogP contribution in [-0.2, 0) is 17.8 Å². The molecule has 0 fully saturated rings. The van der Waals surface area contributed by atoms with E-state index >= 15 is 0 Å². The van der Waals surface area contributed by atoms with Gasteiger partial charge in [0.25, 0.3) is 0 Å². The van der Waals surface area contributed by atoms with Crippen LogP contribution in [0.1, 0.15) is 38.1 Å². The second kappa shape index (κ2) is 6.94. The Kier molecular flexibility index (Phi) is 4.94. The average molecular weight is 411 g/mol. The number of hydrogen-bond donors (Lipinski definition) is 1. The van der Waals surface area contributed by atoms with Crippen molar-refractivity contribution >= 4 is 50.7 Å². The van der Waals surface area contributed by atoms with Crippen molar-refractivity contribution in [2.75, 3.05) is 12.4 Å². The summed E-state index contributed by atoms with van der Waals surface area (Å²) in [5, 5.41) is 21.3. The third kappa shape index (κ3) is 3.24. The van der Waals surface area contributed by atoms with E-state index < -0.39 is 0 Å². The van der Waals surface area contributed by atoms with Gasteiger partial charge in [0, 0.05) is 22.3 Å². The molecule has 1 N–H and O–H groups in total. The number of rotatable bonds is 5. The topological polar surface area (TPSA) is 72.5 Å². The maximum Gasteiger partial charge on any atom is 0.197 e. The van der Waals surface area contributed by atoms with Crippen molar-refractivity contribution in [2.45, 2.75) is 61.9 Å². The van der Waals surface area contributed by atoms with Gasteiger partial charge in [0.2, 0.25) is 0 Å². The van der Waals surface area contributed by atoms with Gasteiger partial charge in [-0.25, -0.2) is 9.38 Å². The molecule has 0 unspecified atom stereocenters. The number of fused-ring (bicyclic) bond motifs is 5. The predicted octanol–water partition coefficient (Wildman–Crippen LogP) is 3.78. The highest BCUT2D eigenvalue weighted by molar-refractivity contribution is 8.00. The molecular formula is C17H22N4O2S3. The summed E-state index contributed by atoms with van der Waals surface area (Å²) in [4.78, 5) is 7.23. The lowest BCUT2D eigenvalue weighted by molar-refractivity contribution is -0.0379. The Bertz CT molecular complexity index is 964. The van der Waals surface area contributed by atoms with Crippen LogP contribution in [-0.4, -0.2) is 47.9 Å². The molecule has 6 nitrogen and oxygen atoms in total. The first kappa shape index (κ1) is 18.5. The smallest absolute Gasteiger partial charge is 0.197 e. The van der Waals surface area contributed by atoms with Crippen LogP contribution in [0, 0.1) is 0 Å². The molecule has 1 aliphatic rings. The number of thioether (sulfide) groups is 2. The molecule has 0 spiro atoms. The van der Waals surface area contributed by atoms with Gasteiger partial charge in [0.1, 0.15) is 4.83 Å². The van der Waals surface area contributed by atoms with E-state index in [0.29, 0.717) is 17.6 Å². The molecule has 0 saturated carbocycles. The molecule has 3 aromatic heterocycles. The molecule has 26 heavy (non-hydrogen) atoms. The molecule has 140 valence electrons. The van der Waals surface area contributed by atoms with Crippen LogP contribution < -0.4 is 0 Å². The minimum atomic E-state index is -0.183. The Morgan fingerprint density at radius 1 is 1.31 bits per heavy atom. The molecule has 0 aliphatic carbocycles. The third-order valence-corrected chi connectivity index (χ3v) is 7.14. The molecule has 0 bridgehead atoms. The Labute approximate surface area is 164 Å². The van der Waals surface area contributed by atoms with Crippen LogP contribution >= 0.6 is 34.9 Å². The van der Waals surface area contributed by atoms with Crippen molar-refractivity contribution < 1.29 is 9.84 Å². The van der Waals surface area contributed by atoms with Gasteiger partial charge in [-0.1, -0.05) is 37.4 Å². The fourth-order valence-corrected chi connectivity index (χ4v) is 5.84. The summed E-state index contributed by atoms with van der Waals surface area (Å²) >= 11 is 4.93. The highest BCUT2D eigenvalue weighted by Crippen LogP contribution is 2.41. The molecule has 3 aromatic rings. The van der Waals surface area contributed by atoms with E-state index in [-0.39, 0.29) is 12.2 Å². The number of nitrogens with zero attached hydrogens (tertiary/aromatic N) is 4. The zero-order valence-corrected chi connectivity index (χ0v) is 17.7. The maximum absolute atomic E-state index is 9.19. The number of thiophene rings is 1. The number of aliphatic hydroxyl groups excluding tert-OH is 1. The summed E-state index contributed by atoms with van der Waals surface area (Å²) in [6, 6.07) is 0. The van der Waals surface area contributed by atoms with Crippen molar-refractivity contribution in [3.8, 4) is 0 Å². The zero-order valence-electron chi connectivity index (χ0n) is 15.3. The van der Waals surface area contributed by atoms with Crippen molar-refractivity contribution in [1.82, 2.24) is 19.6 Å². The lowest BCUT2D eigenvalue weighted by Gasteiger charge is -2.30. The van der Waals surface area contributed by atoms with E-state index in [1.54, 1.807) is 23.1 Å². The van der Waals surface area contributed by atoms with Crippen LogP contribution in [0.15, 0.2) is 10.3 Å². The minimum Gasteiger partial charge on any atom is -0.396 e. The molecule has 9 heteroatoms. The first-order valence-electron chi connectivity index (χ1n) is 8.63. The lowest BCUT2D eigenvalue weighted by atomic mass is 9.94. The highest BCUT2D eigenvalue weighted by atomic mass is 32.2. The van der Waals surface area contributed by atoms with Gasteiger partial charge in [-0.15, -0.1) is 21.5 Å². The van der Waals surface area contributed by atoms with Gasteiger partial charge in [0.15, 0.2) is 16.0 Å². The fraction of sp³-hybridized carbons (Fsp3) is 0.588. The van der Waals surface area contributed by atoms with E-state index in [2.05, 4.69) is 42.3 Å².